The van der Waals surface area contributed by atoms with E-state index in [1.54, 1.807) is 12.4 Å². The number of nitrogens with zero attached hydrogens (tertiary/aromatic N) is 2. The molecular formula is C13H14N4O2S. The quantitative estimate of drug-likeness (QED) is 0.458. The summed E-state index contributed by atoms with van der Waals surface area (Å²) in [6.45, 7) is 3.57. The number of aryl methyl sites for hydroxylation is 1. The van der Waals surface area contributed by atoms with Crippen LogP contribution >= 0.6 is 11.3 Å². The molecule has 2 rings (SSSR count). The van der Waals surface area contributed by atoms with E-state index >= 15 is 0 Å². The highest BCUT2D eigenvalue weighted by Crippen LogP contribution is 2.22. The molecule has 0 aliphatic rings. The Bertz CT molecular complexity index is 637. The van der Waals surface area contributed by atoms with E-state index in [0.29, 0.717) is 15.7 Å². The number of aromatic nitrogens is 1. The van der Waals surface area contributed by atoms with Crippen molar-refractivity contribution < 1.29 is 10.0 Å². The molecule has 7 heteroatoms. The topological polar surface area (TPSA) is 86.6 Å². The van der Waals surface area contributed by atoms with Crippen LogP contribution in [0.25, 0.3) is 0 Å². The number of hydrazone groups is 1. The lowest BCUT2D eigenvalue weighted by molar-refractivity contribution is 0.0710. The first-order valence-electron chi connectivity index (χ1n) is 5.89. The summed E-state index contributed by atoms with van der Waals surface area (Å²) in [7, 11) is 0. The van der Waals surface area contributed by atoms with Crippen LogP contribution in [0.15, 0.2) is 35.4 Å². The van der Waals surface area contributed by atoms with E-state index in [0.717, 1.165) is 22.6 Å². The molecule has 1 heterocycles. The van der Waals surface area contributed by atoms with Gasteiger partial charge in [-0.1, -0.05) is 41.7 Å². The van der Waals surface area contributed by atoms with Gasteiger partial charge in [0.1, 0.15) is 4.88 Å². The fourth-order valence-corrected chi connectivity index (χ4v) is 2.38. The summed E-state index contributed by atoms with van der Waals surface area (Å²) in [4.78, 5) is 15.9. The highest BCUT2D eigenvalue weighted by atomic mass is 32.1. The molecule has 0 saturated heterocycles. The number of hydrogen-bond donors (Lipinski definition) is 3. The molecule has 1 amide bonds. The van der Waals surface area contributed by atoms with Gasteiger partial charge < -0.3 is 0 Å². The molecule has 6 nitrogen and oxygen atoms in total. The predicted octanol–water partition coefficient (Wildman–Crippen LogP) is 2.41. The molecule has 0 aliphatic carbocycles. The van der Waals surface area contributed by atoms with Gasteiger partial charge in [-0.25, -0.2) is 10.5 Å². The molecule has 0 aliphatic heterocycles. The second-order valence-corrected chi connectivity index (χ2v) is 5.05. The minimum atomic E-state index is -0.572. The zero-order chi connectivity index (χ0) is 14.5. The van der Waals surface area contributed by atoms with Crippen LogP contribution in [0.1, 0.15) is 27.9 Å². The second-order valence-electron chi connectivity index (χ2n) is 4.05. The molecule has 0 bridgehead atoms. The van der Waals surface area contributed by atoms with Crippen LogP contribution in [0.4, 0.5) is 5.13 Å². The fourth-order valence-electron chi connectivity index (χ4n) is 1.58. The lowest BCUT2D eigenvalue weighted by Crippen LogP contribution is -2.18. The Kier molecular flexibility index (Phi) is 4.44. The Hall–Kier alpha value is -2.25. The number of hydroxylamine groups is 1. The van der Waals surface area contributed by atoms with Crippen LogP contribution in [0.5, 0.6) is 0 Å². The Morgan fingerprint density at radius 2 is 2.05 bits per heavy atom. The summed E-state index contributed by atoms with van der Waals surface area (Å²) in [5, 5.41) is 13.3. The maximum absolute atomic E-state index is 11.4. The van der Waals surface area contributed by atoms with Gasteiger partial charge in [0, 0.05) is 0 Å². The van der Waals surface area contributed by atoms with Gasteiger partial charge in [-0.05, 0) is 19.4 Å². The molecule has 0 radical (unpaired) electrons. The lowest BCUT2D eigenvalue weighted by atomic mass is 10.1. The average Bonchev–Trinajstić information content (AvgIpc) is 2.86. The van der Waals surface area contributed by atoms with E-state index in [1.807, 2.05) is 37.3 Å². The van der Waals surface area contributed by atoms with Crippen molar-refractivity contribution in [1.29, 1.82) is 0 Å². The van der Waals surface area contributed by atoms with Crippen molar-refractivity contribution in [1.82, 2.24) is 10.5 Å². The van der Waals surface area contributed by atoms with Gasteiger partial charge in [-0.3, -0.25) is 15.4 Å². The van der Waals surface area contributed by atoms with Gasteiger partial charge in [0.2, 0.25) is 5.13 Å². The number of nitrogens with one attached hydrogen (secondary N) is 2. The van der Waals surface area contributed by atoms with Gasteiger partial charge in [-0.2, -0.15) is 5.10 Å². The largest absolute Gasteiger partial charge is 0.288 e. The third-order valence-electron chi connectivity index (χ3n) is 2.62. The van der Waals surface area contributed by atoms with Crippen molar-refractivity contribution >= 4 is 28.1 Å². The van der Waals surface area contributed by atoms with Gasteiger partial charge in [-0.15, -0.1) is 0 Å². The van der Waals surface area contributed by atoms with E-state index in [9.17, 15) is 4.79 Å². The van der Waals surface area contributed by atoms with Gasteiger partial charge in [0.15, 0.2) is 0 Å². The van der Waals surface area contributed by atoms with E-state index in [2.05, 4.69) is 15.5 Å². The first-order valence-corrected chi connectivity index (χ1v) is 6.71. The smallest absolute Gasteiger partial charge is 0.286 e. The number of amides is 1. The molecule has 1 aromatic heterocycles. The summed E-state index contributed by atoms with van der Waals surface area (Å²) in [5.74, 6) is -0.572. The summed E-state index contributed by atoms with van der Waals surface area (Å²) < 4.78 is 0. The maximum Gasteiger partial charge on any atom is 0.286 e. The fraction of sp³-hybridized carbons (Fsp3) is 0.154. The van der Waals surface area contributed by atoms with Crippen LogP contribution in [0.3, 0.4) is 0 Å². The zero-order valence-electron chi connectivity index (χ0n) is 11.0. The second kappa shape index (κ2) is 6.27. The van der Waals surface area contributed by atoms with Crippen LogP contribution < -0.4 is 10.9 Å². The molecule has 0 atom stereocenters. The van der Waals surface area contributed by atoms with E-state index in [4.69, 9.17) is 5.21 Å². The van der Waals surface area contributed by atoms with Crippen molar-refractivity contribution in [3.8, 4) is 0 Å². The molecule has 2 aromatic rings. The number of rotatable bonds is 4. The van der Waals surface area contributed by atoms with Crippen LogP contribution in [-0.2, 0) is 0 Å². The molecule has 20 heavy (non-hydrogen) atoms. The summed E-state index contributed by atoms with van der Waals surface area (Å²) >= 11 is 1.13. The first kappa shape index (κ1) is 14.2. The monoisotopic (exact) mass is 290 g/mol. The average molecular weight is 290 g/mol. The molecular weight excluding hydrogens is 276 g/mol. The highest BCUT2D eigenvalue weighted by molar-refractivity contribution is 7.17. The van der Waals surface area contributed by atoms with Gasteiger partial charge >= 0.3 is 0 Å². The van der Waals surface area contributed by atoms with Crippen molar-refractivity contribution in [3.05, 3.63) is 46.5 Å². The summed E-state index contributed by atoms with van der Waals surface area (Å²) in [5.41, 5.74) is 6.76. The van der Waals surface area contributed by atoms with E-state index in [1.165, 1.54) is 0 Å². The van der Waals surface area contributed by atoms with Crippen molar-refractivity contribution in [2.45, 2.75) is 13.8 Å². The number of thiazole rings is 1. The molecule has 0 unspecified atom stereocenters. The number of anilines is 1. The molecule has 1 aromatic carbocycles. The lowest BCUT2D eigenvalue weighted by Gasteiger charge is -2.00. The Balaban J connectivity index is 2.13. The Labute approximate surface area is 120 Å². The Morgan fingerprint density at radius 3 is 2.70 bits per heavy atom. The van der Waals surface area contributed by atoms with Crippen LogP contribution in [0, 0.1) is 6.92 Å². The Morgan fingerprint density at radius 1 is 1.35 bits per heavy atom. The van der Waals surface area contributed by atoms with Crippen molar-refractivity contribution in [3.63, 3.8) is 0 Å². The van der Waals surface area contributed by atoms with Gasteiger partial charge in [0.05, 0.1) is 11.4 Å². The molecule has 104 valence electrons. The van der Waals surface area contributed by atoms with E-state index in [-0.39, 0.29) is 0 Å². The predicted molar refractivity (Wildman–Crippen MR) is 78.4 cm³/mol. The summed E-state index contributed by atoms with van der Waals surface area (Å²) in [6, 6.07) is 9.72. The maximum atomic E-state index is 11.4. The van der Waals surface area contributed by atoms with Crippen molar-refractivity contribution in [2.24, 2.45) is 5.10 Å². The number of hydrogen-bond acceptors (Lipinski definition) is 6. The standard InChI is InChI=1S/C13H14N4O2S/c1-8(10-6-4-3-5-7-10)15-16-13-14-9(2)11(20-13)12(18)17-19/h3-7,19H,1-2H3,(H,14,16)(H,17,18)/b15-8+. The highest BCUT2D eigenvalue weighted by Gasteiger charge is 2.14. The number of carbonyl (C=O) groups excluding carboxylic acids is 1. The van der Waals surface area contributed by atoms with E-state index < -0.39 is 5.91 Å². The van der Waals surface area contributed by atoms with Gasteiger partial charge in [0.25, 0.3) is 5.91 Å². The minimum absolute atomic E-state index is 0.350. The summed E-state index contributed by atoms with van der Waals surface area (Å²) in [6.07, 6.45) is 0. The SMILES string of the molecule is C/C(=N\Nc1nc(C)c(C(=O)NO)s1)c1ccccc1. The minimum Gasteiger partial charge on any atom is -0.288 e. The number of benzene rings is 1. The van der Waals surface area contributed by atoms with Crippen LogP contribution in [0.2, 0.25) is 0 Å². The third-order valence-corrected chi connectivity index (χ3v) is 3.68. The molecule has 0 saturated carbocycles. The normalized spacial score (nSPS) is 11.2. The molecule has 0 fully saturated rings. The molecule has 0 spiro atoms. The van der Waals surface area contributed by atoms with Crippen molar-refractivity contribution in [2.75, 3.05) is 5.43 Å². The first-order chi connectivity index (χ1) is 9.61. The third kappa shape index (κ3) is 3.19. The zero-order valence-corrected chi connectivity index (χ0v) is 11.9. The number of carbonyl (C=O) groups is 1. The van der Waals surface area contributed by atoms with Crippen LogP contribution in [-0.4, -0.2) is 21.8 Å². The molecule has 3 N–H and O–H groups in total.